The molecule has 0 heterocycles. The van der Waals surface area contributed by atoms with Crippen LogP contribution in [-0.2, 0) is 6.42 Å². The highest BCUT2D eigenvalue weighted by Gasteiger charge is 2.07. The number of halogens is 4. The fraction of sp³-hybridized carbons (Fsp3) is 0.143. The summed E-state index contributed by atoms with van der Waals surface area (Å²) in [5, 5.41) is 2.52. The maximum absolute atomic E-state index is 6.27. The van der Waals surface area contributed by atoms with Gasteiger partial charge in [0.15, 0.2) is 0 Å². The van der Waals surface area contributed by atoms with Crippen LogP contribution in [0.4, 0.5) is 0 Å². The second kappa shape index (κ2) is 5.71. The van der Waals surface area contributed by atoms with E-state index in [1.54, 1.807) is 6.07 Å². The van der Waals surface area contributed by atoms with Crippen molar-refractivity contribution in [3.05, 3.63) is 67.1 Å². The van der Waals surface area contributed by atoms with Gasteiger partial charge in [0.25, 0.3) is 0 Å². The van der Waals surface area contributed by atoms with E-state index in [0.29, 0.717) is 21.5 Å². The molecule has 2 rings (SSSR count). The van der Waals surface area contributed by atoms with Gasteiger partial charge in [-0.3, -0.25) is 0 Å². The van der Waals surface area contributed by atoms with Gasteiger partial charge in [-0.15, -0.1) is 0 Å². The van der Waals surface area contributed by atoms with Crippen LogP contribution in [0.5, 0.6) is 0 Å². The van der Waals surface area contributed by atoms with Crippen molar-refractivity contribution in [3.8, 4) is 0 Å². The monoisotopic (exact) mass is 318 g/mol. The second-order valence-corrected chi connectivity index (χ2v) is 5.75. The highest BCUT2D eigenvalue weighted by molar-refractivity contribution is 6.42. The van der Waals surface area contributed by atoms with Crippen molar-refractivity contribution >= 4 is 46.4 Å². The van der Waals surface area contributed by atoms with Crippen LogP contribution in [0.3, 0.4) is 0 Å². The van der Waals surface area contributed by atoms with Crippen LogP contribution in [0.2, 0.25) is 20.1 Å². The second-order valence-electron chi connectivity index (χ2n) is 4.12. The molecular weight excluding hydrogens is 310 g/mol. The molecule has 0 spiro atoms. The van der Waals surface area contributed by atoms with Gasteiger partial charge in [0.2, 0.25) is 0 Å². The molecule has 18 heavy (non-hydrogen) atoms. The zero-order valence-corrected chi connectivity index (χ0v) is 12.6. The Morgan fingerprint density at radius 3 is 2.28 bits per heavy atom. The molecule has 2 aromatic carbocycles. The number of benzene rings is 2. The maximum atomic E-state index is 6.27. The third kappa shape index (κ3) is 3.13. The van der Waals surface area contributed by atoms with Crippen molar-refractivity contribution in [1.29, 1.82) is 0 Å². The molecule has 0 nitrogen and oxygen atoms in total. The van der Waals surface area contributed by atoms with E-state index in [1.165, 1.54) is 0 Å². The average Bonchev–Trinajstić information content (AvgIpc) is 2.30. The molecule has 0 aliphatic heterocycles. The molecule has 0 bridgehead atoms. The molecule has 0 aromatic heterocycles. The first-order chi connectivity index (χ1) is 8.47. The minimum absolute atomic E-state index is 0.545. The SMILES string of the molecule is Cc1cc(Cl)cc(Cc2ccc(Cl)c(Cl)c2)c1Cl. The topological polar surface area (TPSA) is 0 Å². The number of rotatable bonds is 2. The van der Waals surface area contributed by atoms with E-state index >= 15 is 0 Å². The molecule has 0 N–H and O–H groups in total. The first-order valence-electron chi connectivity index (χ1n) is 5.36. The van der Waals surface area contributed by atoms with Crippen molar-refractivity contribution in [2.24, 2.45) is 0 Å². The Morgan fingerprint density at radius 1 is 0.889 bits per heavy atom. The Bertz CT molecular complexity index is 591. The lowest BCUT2D eigenvalue weighted by atomic mass is 10.0. The van der Waals surface area contributed by atoms with Gasteiger partial charge < -0.3 is 0 Å². The van der Waals surface area contributed by atoms with Crippen LogP contribution in [0.25, 0.3) is 0 Å². The van der Waals surface area contributed by atoms with Crippen molar-refractivity contribution < 1.29 is 0 Å². The predicted octanol–water partition coefficient (Wildman–Crippen LogP) is 6.20. The minimum atomic E-state index is 0.545. The lowest BCUT2D eigenvalue weighted by Crippen LogP contribution is -1.92. The molecule has 0 amide bonds. The van der Waals surface area contributed by atoms with Crippen LogP contribution < -0.4 is 0 Å². The summed E-state index contributed by atoms with van der Waals surface area (Å²) in [6.45, 7) is 1.94. The third-order valence-electron chi connectivity index (χ3n) is 2.67. The predicted molar refractivity (Wildman–Crippen MR) is 80.5 cm³/mol. The van der Waals surface area contributed by atoms with E-state index in [9.17, 15) is 0 Å². The third-order valence-corrected chi connectivity index (χ3v) is 4.17. The standard InChI is InChI=1S/C14H10Cl4/c1-8-4-11(15)7-10(14(8)18)5-9-2-3-12(16)13(17)6-9/h2-4,6-7H,5H2,1H3. The molecule has 0 saturated heterocycles. The molecule has 0 radical (unpaired) electrons. The molecule has 0 aliphatic rings. The summed E-state index contributed by atoms with van der Waals surface area (Å²) in [4.78, 5) is 0. The normalized spacial score (nSPS) is 10.7. The van der Waals surface area contributed by atoms with E-state index in [0.717, 1.165) is 21.7 Å². The highest BCUT2D eigenvalue weighted by atomic mass is 35.5. The van der Waals surface area contributed by atoms with Gasteiger partial charge in [-0.2, -0.15) is 0 Å². The maximum Gasteiger partial charge on any atom is 0.0595 e. The van der Waals surface area contributed by atoms with E-state index in [4.69, 9.17) is 46.4 Å². The van der Waals surface area contributed by atoms with Crippen molar-refractivity contribution in [2.45, 2.75) is 13.3 Å². The first-order valence-corrected chi connectivity index (χ1v) is 6.87. The van der Waals surface area contributed by atoms with E-state index in [2.05, 4.69) is 0 Å². The van der Waals surface area contributed by atoms with Gasteiger partial charge >= 0.3 is 0 Å². The molecular formula is C14H10Cl4. The van der Waals surface area contributed by atoms with Gasteiger partial charge in [0, 0.05) is 10.0 Å². The van der Waals surface area contributed by atoms with Crippen LogP contribution in [0, 0.1) is 6.92 Å². The molecule has 0 unspecified atom stereocenters. The number of hydrogen-bond acceptors (Lipinski definition) is 0. The highest BCUT2D eigenvalue weighted by Crippen LogP contribution is 2.29. The molecule has 94 valence electrons. The Kier molecular flexibility index (Phi) is 4.45. The Labute approximate surface area is 126 Å². The molecule has 2 aromatic rings. The van der Waals surface area contributed by atoms with Crippen LogP contribution in [-0.4, -0.2) is 0 Å². The number of aryl methyl sites for hydroxylation is 1. The quantitative estimate of drug-likeness (QED) is 0.618. The summed E-state index contributed by atoms with van der Waals surface area (Å²) in [5.41, 5.74) is 3.01. The zero-order chi connectivity index (χ0) is 13.3. The van der Waals surface area contributed by atoms with Crippen molar-refractivity contribution in [3.63, 3.8) is 0 Å². The molecule has 0 aliphatic carbocycles. The van der Waals surface area contributed by atoms with Crippen molar-refractivity contribution in [2.75, 3.05) is 0 Å². The molecule has 0 atom stereocenters. The fourth-order valence-electron chi connectivity index (χ4n) is 1.79. The fourth-order valence-corrected chi connectivity index (χ4v) is 2.59. The zero-order valence-electron chi connectivity index (χ0n) is 9.61. The van der Waals surface area contributed by atoms with Gasteiger partial charge in [-0.05, 0) is 54.3 Å². The van der Waals surface area contributed by atoms with E-state index in [1.807, 2.05) is 31.2 Å². The lowest BCUT2D eigenvalue weighted by Gasteiger charge is -2.09. The molecule has 4 heteroatoms. The Balaban J connectivity index is 2.36. The smallest absolute Gasteiger partial charge is 0.0595 e. The summed E-state index contributed by atoms with van der Waals surface area (Å²) in [5.74, 6) is 0. The largest absolute Gasteiger partial charge is 0.0843 e. The van der Waals surface area contributed by atoms with E-state index in [-0.39, 0.29) is 0 Å². The van der Waals surface area contributed by atoms with Gasteiger partial charge in [-0.1, -0.05) is 52.5 Å². The summed E-state index contributed by atoms with van der Waals surface area (Å²) >= 11 is 24.2. The molecule has 0 saturated carbocycles. The van der Waals surface area contributed by atoms with Gasteiger partial charge in [-0.25, -0.2) is 0 Å². The lowest BCUT2D eigenvalue weighted by molar-refractivity contribution is 1.18. The van der Waals surface area contributed by atoms with Crippen LogP contribution in [0.1, 0.15) is 16.7 Å². The summed E-state index contributed by atoms with van der Waals surface area (Å²) in [7, 11) is 0. The van der Waals surface area contributed by atoms with Gasteiger partial charge in [0.1, 0.15) is 0 Å². The minimum Gasteiger partial charge on any atom is -0.0843 e. The van der Waals surface area contributed by atoms with Crippen molar-refractivity contribution in [1.82, 2.24) is 0 Å². The molecule has 0 fully saturated rings. The first kappa shape index (κ1) is 14.0. The van der Waals surface area contributed by atoms with Crippen LogP contribution >= 0.6 is 46.4 Å². The average molecular weight is 320 g/mol. The Morgan fingerprint density at radius 2 is 1.61 bits per heavy atom. The van der Waals surface area contributed by atoms with E-state index < -0.39 is 0 Å². The summed E-state index contributed by atoms with van der Waals surface area (Å²) in [6, 6.07) is 9.28. The number of hydrogen-bond donors (Lipinski definition) is 0. The van der Waals surface area contributed by atoms with Crippen LogP contribution in [0.15, 0.2) is 30.3 Å². The summed E-state index contributed by atoms with van der Waals surface area (Å²) in [6.07, 6.45) is 0.678. The van der Waals surface area contributed by atoms with Gasteiger partial charge in [0.05, 0.1) is 10.0 Å². The summed E-state index contributed by atoms with van der Waals surface area (Å²) < 4.78 is 0. The Hall–Kier alpha value is -0.400.